The average molecular weight is 438 g/mol. The summed E-state index contributed by atoms with van der Waals surface area (Å²) in [4.78, 5) is 17.4. The minimum atomic E-state index is -0.166. The first-order chi connectivity index (χ1) is 15.6. The van der Waals surface area contributed by atoms with Crippen molar-refractivity contribution in [2.75, 3.05) is 37.6 Å². The van der Waals surface area contributed by atoms with Crippen molar-refractivity contribution in [2.45, 2.75) is 57.9 Å². The van der Waals surface area contributed by atoms with Crippen molar-refractivity contribution in [1.29, 1.82) is 0 Å². The molecule has 2 aliphatic rings. The van der Waals surface area contributed by atoms with Gasteiger partial charge in [0.1, 0.15) is 5.82 Å². The third-order valence-corrected chi connectivity index (χ3v) is 6.93. The molecule has 2 aromatic rings. The van der Waals surface area contributed by atoms with Crippen LogP contribution in [0.3, 0.4) is 0 Å². The lowest BCUT2D eigenvalue weighted by Crippen LogP contribution is -2.45. The number of likely N-dealkylation sites (tertiary alicyclic amines) is 1. The van der Waals surface area contributed by atoms with Crippen LogP contribution in [0.25, 0.3) is 0 Å². The maximum Gasteiger partial charge on any atom is 0.224 e. The van der Waals surface area contributed by atoms with Crippen LogP contribution >= 0.6 is 0 Å². The molecule has 2 aliphatic heterocycles. The molecule has 0 unspecified atom stereocenters. The summed E-state index contributed by atoms with van der Waals surface area (Å²) >= 11 is 0. The van der Waals surface area contributed by atoms with Crippen LogP contribution in [0.2, 0.25) is 0 Å². The number of nitrogens with zero attached hydrogens (tertiary/aromatic N) is 2. The molecule has 0 aromatic heterocycles. The first kappa shape index (κ1) is 22.8. The lowest BCUT2D eigenvalue weighted by molar-refractivity contribution is -0.120. The molecule has 32 heavy (non-hydrogen) atoms. The smallest absolute Gasteiger partial charge is 0.224 e. The molecule has 0 radical (unpaired) electrons. The molecule has 0 aliphatic carbocycles. The Hall–Kier alpha value is -2.40. The van der Waals surface area contributed by atoms with E-state index in [0.717, 1.165) is 64.0 Å². The van der Waals surface area contributed by atoms with Crippen LogP contribution in [-0.2, 0) is 24.1 Å². The van der Waals surface area contributed by atoms with E-state index in [2.05, 4.69) is 40.2 Å². The third-order valence-electron chi connectivity index (χ3n) is 6.93. The molecule has 0 atom stereocenters. The highest BCUT2D eigenvalue weighted by Gasteiger charge is 2.29. The zero-order valence-electron chi connectivity index (χ0n) is 19.3. The molecule has 4 rings (SSSR count). The molecule has 5 heteroatoms. The molecule has 2 aromatic carbocycles. The highest BCUT2D eigenvalue weighted by atomic mass is 19.1. The lowest BCUT2D eigenvalue weighted by atomic mass is 10.0. The van der Waals surface area contributed by atoms with Gasteiger partial charge in [0, 0.05) is 44.5 Å². The minimum Gasteiger partial charge on any atom is -0.368 e. The van der Waals surface area contributed by atoms with E-state index in [0.29, 0.717) is 12.5 Å². The largest absolute Gasteiger partial charge is 0.368 e. The molecule has 1 fully saturated rings. The standard InChI is InChI=1S/C27H36FN3O/c1-2-3-14-29-27(32)20-22-4-7-23-11-18-31(26(23)19-22)25-12-16-30(17-13-25)15-10-21-5-8-24(28)9-6-21/h4-9,19,25H,2-3,10-18,20H2,1H3,(H,29,32). The number of carbonyl (C=O) groups excluding carboxylic acids is 1. The van der Waals surface area contributed by atoms with Crippen molar-refractivity contribution >= 4 is 11.6 Å². The Morgan fingerprint density at radius 1 is 1.06 bits per heavy atom. The van der Waals surface area contributed by atoms with Gasteiger partial charge in [0.25, 0.3) is 0 Å². The number of fused-ring (bicyclic) bond motifs is 1. The van der Waals surface area contributed by atoms with E-state index >= 15 is 0 Å². The van der Waals surface area contributed by atoms with E-state index in [-0.39, 0.29) is 11.7 Å². The highest BCUT2D eigenvalue weighted by molar-refractivity contribution is 5.79. The second-order valence-electron chi connectivity index (χ2n) is 9.24. The maximum atomic E-state index is 13.1. The Morgan fingerprint density at radius 2 is 1.81 bits per heavy atom. The van der Waals surface area contributed by atoms with Gasteiger partial charge in [-0.1, -0.05) is 37.6 Å². The summed E-state index contributed by atoms with van der Waals surface area (Å²) in [6, 6.07) is 14.1. The van der Waals surface area contributed by atoms with Crippen molar-refractivity contribution < 1.29 is 9.18 Å². The van der Waals surface area contributed by atoms with Crippen molar-refractivity contribution in [2.24, 2.45) is 0 Å². The van der Waals surface area contributed by atoms with Crippen molar-refractivity contribution in [1.82, 2.24) is 10.2 Å². The predicted octanol–water partition coefficient (Wildman–Crippen LogP) is 4.35. The quantitative estimate of drug-likeness (QED) is 0.593. The Kier molecular flexibility index (Phi) is 7.80. The molecule has 1 N–H and O–H groups in total. The van der Waals surface area contributed by atoms with Crippen LogP contribution in [0.1, 0.15) is 49.3 Å². The second-order valence-corrected chi connectivity index (χ2v) is 9.24. The summed E-state index contributed by atoms with van der Waals surface area (Å²) in [6.45, 7) is 7.24. The van der Waals surface area contributed by atoms with Crippen LogP contribution in [0.15, 0.2) is 42.5 Å². The Morgan fingerprint density at radius 3 is 2.56 bits per heavy atom. The molecule has 0 spiro atoms. The van der Waals surface area contributed by atoms with Gasteiger partial charge in [0.15, 0.2) is 0 Å². The molecule has 4 nitrogen and oxygen atoms in total. The van der Waals surface area contributed by atoms with Crippen LogP contribution in [0.4, 0.5) is 10.1 Å². The normalized spacial score (nSPS) is 16.9. The summed E-state index contributed by atoms with van der Waals surface area (Å²) in [5.41, 5.74) is 5.07. The minimum absolute atomic E-state index is 0.123. The van der Waals surface area contributed by atoms with Crippen molar-refractivity contribution in [3.05, 3.63) is 65.0 Å². The molecule has 2 heterocycles. The summed E-state index contributed by atoms with van der Waals surface area (Å²) < 4.78 is 13.1. The van der Waals surface area contributed by atoms with Crippen molar-refractivity contribution in [3.8, 4) is 0 Å². The molecule has 0 bridgehead atoms. The fourth-order valence-electron chi connectivity index (χ4n) is 4.98. The predicted molar refractivity (Wildman–Crippen MR) is 129 cm³/mol. The molecule has 1 saturated heterocycles. The number of anilines is 1. The average Bonchev–Trinajstić information content (AvgIpc) is 3.22. The number of hydrogen-bond acceptors (Lipinski definition) is 3. The van der Waals surface area contributed by atoms with Gasteiger partial charge < -0.3 is 15.1 Å². The number of hydrogen-bond donors (Lipinski definition) is 1. The van der Waals surface area contributed by atoms with E-state index in [1.54, 1.807) is 12.1 Å². The van der Waals surface area contributed by atoms with Gasteiger partial charge in [-0.25, -0.2) is 4.39 Å². The number of amides is 1. The first-order valence-corrected chi connectivity index (χ1v) is 12.2. The first-order valence-electron chi connectivity index (χ1n) is 12.2. The monoisotopic (exact) mass is 437 g/mol. The molecule has 172 valence electrons. The van der Waals surface area contributed by atoms with Crippen LogP contribution in [0.5, 0.6) is 0 Å². The highest BCUT2D eigenvalue weighted by Crippen LogP contribution is 2.33. The molecular formula is C27H36FN3O. The summed E-state index contributed by atoms with van der Waals surface area (Å²) in [5.74, 6) is -0.0434. The van der Waals surface area contributed by atoms with Crippen LogP contribution in [0, 0.1) is 5.82 Å². The van der Waals surface area contributed by atoms with E-state index in [1.165, 1.54) is 29.7 Å². The van der Waals surface area contributed by atoms with Crippen LogP contribution < -0.4 is 10.2 Å². The van der Waals surface area contributed by atoms with Gasteiger partial charge >= 0.3 is 0 Å². The number of benzene rings is 2. The number of piperidine rings is 1. The maximum absolute atomic E-state index is 13.1. The van der Waals surface area contributed by atoms with Crippen LogP contribution in [-0.4, -0.2) is 49.6 Å². The van der Waals surface area contributed by atoms with Gasteiger partial charge in [-0.05, 0) is 67.0 Å². The van der Waals surface area contributed by atoms with E-state index in [4.69, 9.17) is 0 Å². The molecule has 0 saturated carbocycles. The number of halogens is 1. The Bertz CT molecular complexity index is 890. The zero-order chi connectivity index (χ0) is 22.3. The van der Waals surface area contributed by atoms with Gasteiger partial charge in [0.2, 0.25) is 5.91 Å². The number of carbonyl (C=O) groups is 1. The van der Waals surface area contributed by atoms with E-state index < -0.39 is 0 Å². The van der Waals surface area contributed by atoms with Gasteiger partial charge in [-0.2, -0.15) is 0 Å². The van der Waals surface area contributed by atoms with Crippen molar-refractivity contribution in [3.63, 3.8) is 0 Å². The van der Waals surface area contributed by atoms with Gasteiger partial charge in [-0.15, -0.1) is 0 Å². The Labute approximate surface area is 191 Å². The summed E-state index contributed by atoms with van der Waals surface area (Å²) in [7, 11) is 0. The molecule has 1 amide bonds. The SMILES string of the molecule is CCCCNC(=O)Cc1ccc2c(c1)N(C1CCN(CCc3ccc(F)cc3)CC1)CC2. The second kappa shape index (κ2) is 11.0. The lowest BCUT2D eigenvalue weighted by Gasteiger charge is -2.38. The zero-order valence-corrected chi connectivity index (χ0v) is 19.3. The van der Waals surface area contributed by atoms with E-state index in [1.807, 2.05) is 12.1 Å². The number of unbranched alkanes of at least 4 members (excludes halogenated alkanes) is 1. The fourth-order valence-corrected chi connectivity index (χ4v) is 4.98. The number of nitrogens with one attached hydrogen (secondary N) is 1. The molecular weight excluding hydrogens is 401 g/mol. The Balaban J connectivity index is 1.28. The number of rotatable bonds is 9. The third kappa shape index (κ3) is 5.89. The fraction of sp³-hybridized carbons (Fsp3) is 0.519. The summed E-state index contributed by atoms with van der Waals surface area (Å²) in [5, 5.41) is 3.03. The topological polar surface area (TPSA) is 35.6 Å². The van der Waals surface area contributed by atoms with Gasteiger partial charge in [-0.3, -0.25) is 4.79 Å². The van der Waals surface area contributed by atoms with Gasteiger partial charge in [0.05, 0.1) is 6.42 Å². The summed E-state index contributed by atoms with van der Waals surface area (Å²) in [6.07, 6.45) is 7.01. The van der Waals surface area contributed by atoms with E-state index in [9.17, 15) is 9.18 Å².